The Kier molecular flexibility index (Phi) is 4.42. The first-order valence-corrected chi connectivity index (χ1v) is 8.41. The van der Waals surface area contributed by atoms with Gasteiger partial charge >= 0.3 is 0 Å². The maximum absolute atomic E-state index is 12.8. The molecule has 0 N–H and O–H groups in total. The van der Waals surface area contributed by atoms with E-state index in [0.717, 1.165) is 5.56 Å². The van der Waals surface area contributed by atoms with Gasteiger partial charge in [-0.15, -0.1) is 0 Å². The van der Waals surface area contributed by atoms with Crippen LogP contribution in [0.4, 0.5) is 5.69 Å². The molecule has 4 nitrogen and oxygen atoms in total. The molecule has 0 bridgehead atoms. The number of hydrogen-bond donors (Lipinski definition) is 0. The largest absolute Gasteiger partial charge is 0.454 e. The summed E-state index contributed by atoms with van der Waals surface area (Å²) in [5.41, 5.74) is 2.46. The van der Waals surface area contributed by atoms with Gasteiger partial charge in [-0.05, 0) is 42.0 Å². The molecule has 1 aliphatic heterocycles. The Morgan fingerprint density at radius 2 is 1.77 bits per heavy atom. The summed E-state index contributed by atoms with van der Waals surface area (Å²) < 4.78 is 10.7. The first-order chi connectivity index (χ1) is 12.7. The zero-order chi connectivity index (χ0) is 17.9. The summed E-state index contributed by atoms with van der Waals surface area (Å²) in [6, 6.07) is 19.7. The maximum atomic E-state index is 12.8. The van der Waals surface area contributed by atoms with E-state index in [-0.39, 0.29) is 12.6 Å². The van der Waals surface area contributed by atoms with Gasteiger partial charge in [0.25, 0.3) is 0 Å². The van der Waals surface area contributed by atoms with Crippen LogP contribution in [0.15, 0.2) is 71.7 Å². The first kappa shape index (κ1) is 16.4. The van der Waals surface area contributed by atoms with Crippen molar-refractivity contribution < 1.29 is 14.3 Å². The molecule has 5 heteroatoms. The fraction of sp³-hybridized carbons (Fsp3) is 0.0476. The number of aliphatic imine (C=N–C) groups is 1. The van der Waals surface area contributed by atoms with Crippen LogP contribution in [0.25, 0.3) is 0 Å². The third-order valence-electron chi connectivity index (χ3n) is 3.99. The van der Waals surface area contributed by atoms with Crippen LogP contribution >= 0.6 is 11.6 Å². The van der Waals surface area contributed by atoms with Gasteiger partial charge in [-0.25, -0.2) is 0 Å². The van der Waals surface area contributed by atoms with Crippen molar-refractivity contribution >= 4 is 29.3 Å². The van der Waals surface area contributed by atoms with Gasteiger partial charge in [0.05, 0.1) is 5.69 Å². The molecule has 0 radical (unpaired) electrons. The number of hydrogen-bond acceptors (Lipinski definition) is 4. The van der Waals surface area contributed by atoms with Crippen molar-refractivity contribution in [1.29, 1.82) is 0 Å². The monoisotopic (exact) mass is 363 g/mol. The van der Waals surface area contributed by atoms with Crippen molar-refractivity contribution in [2.45, 2.75) is 0 Å². The molecule has 0 aromatic heterocycles. The minimum atomic E-state index is -0.120. The Morgan fingerprint density at radius 1 is 0.962 bits per heavy atom. The number of carbonyl (C=O) groups excluding carboxylic acids is 1. The van der Waals surface area contributed by atoms with E-state index in [1.807, 2.05) is 36.4 Å². The van der Waals surface area contributed by atoms with E-state index < -0.39 is 0 Å². The smallest absolute Gasteiger partial charge is 0.231 e. The number of ether oxygens (including phenoxy) is 2. The molecule has 26 heavy (non-hydrogen) atoms. The second kappa shape index (κ2) is 7.02. The number of benzene rings is 3. The van der Waals surface area contributed by atoms with E-state index >= 15 is 0 Å². The standard InChI is InChI=1S/C21H14ClNO3/c22-16-7-8-18(17(11-16)21(24)15-4-2-1-3-5-15)23-12-14-6-9-19-20(10-14)26-13-25-19/h1-12H,13H2. The van der Waals surface area contributed by atoms with E-state index in [2.05, 4.69) is 4.99 Å². The highest BCUT2D eigenvalue weighted by Crippen LogP contribution is 2.32. The van der Waals surface area contributed by atoms with Gasteiger partial charge in [-0.2, -0.15) is 0 Å². The van der Waals surface area contributed by atoms with Crippen LogP contribution in [-0.4, -0.2) is 18.8 Å². The van der Waals surface area contributed by atoms with Gasteiger partial charge in [0.1, 0.15) is 0 Å². The molecule has 0 atom stereocenters. The van der Waals surface area contributed by atoms with E-state index in [1.165, 1.54) is 0 Å². The third kappa shape index (κ3) is 3.32. The minimum Gasteiger partial charge on any atom is -0.454 e. The van der Waals surface area contributed by atoms with Crippen molar-refractivity contribution in [1.82, 2.24) is 0 Å². The summed E-state index contributed by atoms with van der Waals surface area (Å²) >= 11 is 6.09. The number of halogens is 1. The first-order valence-electron chi connectivity index (χ1n) is 8.04. The predicted molar refractivity (Wildman–Crippen MR) is 101 cm³/mol. The van der Waals surface area contributed by atoms with Crippen LogP contribution in [0.5, 0.6) is 11.5 Å². The van der Waals surface area contributed by atoms with Gasteiger partial charge in [-0.1, -0.05) is 41.9 Å². The molecule has 128 valence electrons. The van der Waals surface area contributed by atoms with E-state index in [4.69, 9.17) is 21.1 Å². The quantitative estimate of drug-likeness (QED) is 0.481. The Hall–Kier alpha value is -3.11. The van der Waals surface area contributed by atoms with Crippen molar-refractivity contribution in [3.8, 4) is 11.5 Å². The van der Waals surface area contributed by atoms with Crippen molar-refractivity contribution in [2.75, 3.05) is 6.79 Å². The zero-order valence-electron chi connectivity index (χ0n) is 13.7. The van der Waals surface area contributed by atoms with Gasteiger partial charge in [0, 0.05) is 22.4 Å². The third-order valence-corrected chi connectivity index (χ3v) is 4.22. The normalized spacial score (nSPS) is 12.5. The summed E-state index contributed by atoms with van der Waals surface area (Å²) in [6.45, 7) is 0.225. The molecule has 0 saturated carbocycles. The number of nitrogens with zero attached hydrogens (tertiary/aromatic N) is 1. The lowest BCUT2D eigenvalue weighted by Gasteiger charge is -2.06. The van der Waals surface area contributed by atoms with Crippen LogP contribution in [-0.2, 0) is 0 Å². The Balaban J connectivity index is 1.67. The molecule has 0 fully saturated rings. The number of carbonyl (C=O) groups is 1. The van der Waals surface area contributed by atoms with Gasteiger partial charge < -0.3 is 9.47 Å². The second-order valence-electron chi connectivity index (χ2n) is 5.73. The van der Waals surface area contributed by atoms with Crippen LogP contribution in [0.1, 0.15) is 21.5 Å². The summed E-state index contributed by atoms with van der Waals surface area (Å²) in [6.07, 6.45) is 1.69. The highest BCUT2D eigenvalue weighted by atomic mass is 35.5. The molecular weight excluding hydrogens is 350 g/mol. The van der Waals surface area contributed by atoms with E-state index in [0.29, 0.717) is 33.3 Å². The molecule has 0 aliphatic carbocycles. The van der Waals surface area contributed by atoms with Crippen molar-refractivity contribution in [3.63, 3.8) is 0 Å². The fourth-order valence-corrected chi connectivity index (χ4v) is 2.86. The minimum absolute atomic E-state index is 0.120. The molecule has 4 rings (SSSR count). The molecule has 1 heterocycles. The highest BCUT2D eigenvalue weighted by Gasteiger charge is 2.15. The fourth-order valence-electron chi connectivity index (χ4n) is 2.69. The summed E-state index contributed by atoms with van der Waals surface area (Å²) in [4.78, 5) is 17.3. The average Bonchev–Trinajstić information content (AvgIpc) is 3.15. The predicted octanol–water partition coefficient (Wildman–Crippen LogP) is 5.05. The molecule has 0 saturated heterocycles. The number of rotatable bonds is 4. The van der Waals surface area contributed by atoms with Gasteiger partial charge in [0.2, 0.25) is 6.79 Å². The lowest BCUT2D eigenvalue weighted by molar-refractivity contribution is 0.103. The zero-order valence-corrected chi connectivity index (χ0v) is 14.4. The van der Waals surface area contributed by atoms with E-state index in [9.17, 15) is 4.79 Å². The van der Waals surface area contributed by atoms with Crippen molar-refractivity contribution in [2.24, 2.45) is 4.99 Å². The van der Waals surface area contributed by atoms with Crippen molar-refractivity contribution in [3.05, 3.63) is 88.4 Å². The molecule has 3 aromatic rings. The molecule has 0 spiro atoms. The lowest BCUT2D eigenvalue weighted by Crippen LogP contribution is -2.01. The van der Waals surface area contributed by atoms with E-state index in [1.54, 1.807) is 36.5 Å². The lowest BCUT2D eigenvalue weighted by atomic mass is 10.0. The van der Waals surface area contributed by atoms with Gasteiger partial charge in [0.15, 0.2) is 17.3 Å². The van der Waals surface area contributed by atoms with Crippen LogP contribution < -0.4 is 9.47 Å². The summed E-state index contributed by atoms with van der Waals surface area (Å²) in [5.74, 6) is 1.28. The average molecular weight is 364 g/mol. The molecule has 0 unspecified atom stereocenters. The summed E-state index contributed by atoms with van der Waals surface area (Å²) in [7, 11) is 0. The molecule has 0 amide bonds. The molecule has 1 aliphatic rings. The topological polar surface area (TPSA) is 47.9 Å². The molecule has 3 aromatic carbocycles. The Bertz CT molecular complexity index is 999. The van der Waals surface area contributed by atoms with Crippen LogP contribution in [0.3, 0.4) is 0 Å². The second-order valence-corrected chi connectivity index (χ2v) is 6.16. The number of fused-ring (bicyclic) bond motifs is 1. The van der Waals surface area contributed by atoms with Gasteiger partial charge in [-0.3, -0.25) is 9.79 Å². The maximum Gasteiger partial charge on any atom is 0.231 e. The SMILES string of the molecule is O=C(c1ccccc1)c1cc(Cl)ccc1N=Cc1ccc2c(c1)OCO2. The summed E-state index contributed by atoms with van der Waals surface area (Å²) in [5, 5.41) is 0.492. The highest BCUT2D eigenvalue weighted by molar-refractivity contribution is 6.31. The Morgan fingerprint density at radius 3 is 2.62 bits per heavy atom. The van der Waals surface area contributed by atoms with Crippen LogP contribution in [0, 0.1) is 0 Å². The Labute approximate surface area is 155 Å². The number of ketones is 1. The van der Waals surface area contributed by atoms with Crippen LogP contribution in [0.2, 0.25) is 5.02 Å². The molecular formula is C21H14ClNO3.